The predicted molar refractivity (Wildman–Crippen MR) is 76.5 cm³/mol. The van der Waals surface area contributed by atoms with Gasteiger partial charge in [-0.1, -0.05) is 13.0 Å². The van der Waals surface area contributed by atoms with Crippen molar-refractivity contribution in [2.75, 3.05) is 12.3 Å². The maximum absolute atomic E-state index is 5.94. The van der Waals surface area contributed by atoms with Gasteiger partial charge in [-0.3, -0.25) is 0 Å². The second-order valence-corrected chi connectivity index (χ2v) is 5.49. The normalized spacial score (nSPS) is 16.8. The van der Waals surface area contributed by atoms with Gasteiger partial charge in [0, 0.05) is 12.2 Å². The highest BCUT2D eigenvalue weighted by atomic mass is 14.9. The van der Waals surface area contributed by atoms with E-state index >= 15 is 0 Å². The van der Waals surface area contributed by atoms with Crippen molar-refractivity contribution < 1.29 is 0 Å². The number of nitrogens with one attached hydrogen (secondary N) is 1. The number of nitrogen functional groups attached to an aromatic ring is 1. The molecule has 3 heteroatoms. The van der Waals surface area contributed by atoms with Gasteiger partial charge in [0.25, 0.3) is 0 Å². The summed E-state index contributed by atoms with van der Waals surface area (Å²) < 4.78 is 0. The van der Waals surface area contributed by atoms with Crippen LogP contribution in [0.4, 0.5) is 5.82 Å². The van der Waals surface area contributed by atoms with Crippen LogP contribution in [-0.4, -0.2) is 17.6 Å². The molecule has 1 aromatic heterocycles. The molecule has 1 aliphatic rings. The van der Waals surface area contributed by atoms with Gasteiger partial charge in [0.2, 0.25) is 0 Å². The molecule has 100 valence electrons. The number of nitrogens with zero attached hydrogens (tertiary/aromatic N) is 1. The van der Waals surface area contributed by atoms with Crippen molar-refractivity contribution in [3.05, 3.63) is 23.4 Å². The molecular weight excluding hydrogens is 222 g/mol. The molecule has 0 radical (unpaired) electrons. The van der Waals surface area contributed by atoms with E-state index in [1.807, 2.05) is 6.20 Å². The first-order chi connectivity index (χ1) is 8.70. The summed E-state index contributed by atoms with van der Waals surface area (Å²) in [4.78, 5) is 4.24. The quantitative estimate of drug-likeness (QED) is 0.779. The summed E-state index contributed by atoms with van der Waals surface area (Å²) in [6, 6.07) is 2.84. The average molecular weight is 247 g/mol. The summed E-state index contributed by atoms with van der Waals surface area (Å²) in [5, 5.41) is 3.67. The minimum Gasteiger partial charge on any atom is -0.383 e. The molecule has 0 aliphatic heterocycles. The lowest BCUT2D eigenvalue weighted by atomic mass is 10.0. The Morgan fingerprint density at radius 2 is 2.28 bits per heavy atom. The second-order valence-electron chi connectivity index (χ2n) is 5.49. The monoisotopic (exact) mass is 247 g/mol. The Hall–Kier alpha value is -1.09. The fourth-order valence-corrected chi connectivity index (χ4v) is 2.48. The number of aryl methyl sites for hydroxylation is 2. The predicted octanol–water partition coefficient (Wildman–Crippen LogP) is 2.68. The Bertz CT molecular complexity index is 385. The van der Waals surface area contributed by atoms with Crippen LogP contribution >= 0.6 is 0 Å². The van der Waals surface area contributed by atoms with Gasteiger partial charge in [0.05, 0.1) is 0 Å². The standard InChI is InChI=1S/C15H25N3/c1-3-8-17-14(12-4-5-12)7-6-13-9-11(2)10-18-15(13)16/h9-10,12,14,17H,3-8H2,1-2H3,(H2,16,18). The summed E-state index contributed by atoms with van der Waals surface area (Å²) in [7, 11) is 0. The van der Waals surface area contributed by atoms with Gasteiger partial charge in [-0.25, -0.2) is 4.98 Å². The fourth-order valence-electron chi connectivity index (χ4n) is 2.48. The SMILES string of the molecule is CCCNC(CCc1cc(C)cnc1N)C1CC1. The molecular formula is C15H25N3. The van der Waals surface area contributed by atoms with Crippen molar-refractivity contribution in [3.8, 4) is 0 Å². The van der Waals surface area contributed by atoms with Crippen LogP contribution in [0.3, 0.4) is 0 Å². The highest BCUT2D eigenvalue weighted by molar-refractivity contribution is 5.40. The zero-order valence-electron chi connectivity index (χ0n) is 11.6. The number of hydrogen-bond acceptors (Lipinski definition) is 3. The Morgan fingerprint density at radius 1 is 1.50 bits per heavy atom. The molecule has 0 saturated heterocycles. The van der Waals surface area contributed by atoms with E-state index in [4.69, 9.17) is 5.73 Å². The van der Waals surface area contributed by atoms with Gasteiger partial charge in [0.1, 0.15) is 5.82 Å². The van der Waals surface area contributed by atoms with Gasteiger partial charge in [-0.2, -0.15) is 0 Å². The van der Waals surface area contributed by atoms with Crippen LogP contribution in [0.1, 0.15) is 43.7 Å². The third kappa shape index (κ3) is 3.70. The number of rotatable bonds is 7. The van der Waals surface area contributed by atoms with Crippen LogP contribution in [0.5, 0.6) is 0 Å². The van der Waals surface area contributed by atoms with Crippen molar-refractivity contribution in [2.24, 2.45) is 5.92 Å². The summed E-state index contributed by atoms with van der Waals surface area (Å²) in [5.74, 6) is 1.60. The van der Waals surface area contributed by atoms with Crippen LogP contribution in [0.25, 0.3) is 0 Å². The van der Waals surface area contributed by atoms with Crippen molar-refractivity contribution in [2.45, 2.75) is 52.0 Å². The largest absolute Gasteiger partial charge is 0.383 e. The molecule has 1 aromatic rings. The van der Waals surface area contributed by atoms with Crippen LogP contribution in [-0.2, 0) is 6.42 Å². The Labute approximate surface area is 110 Å². The summed E-state index contributed by atoms with van der Waals surface area (Å²) in [6.07, 6.45) is 8.05. The second kappa shape index (κ2) is 6.19. The van der Waals surface area contributed by atoms with Crippen LogP contribution < -0.4 is 11.1 Å². The highest BCUT2D eigenvalue weighted by Gasteiger charge is 2.30. The highest BCUT2D eigenvalue weighted by Crippen LogP contribution is 2.34. The number of pyridine rings is 1. The van der Waals surface area contributed by atoms with Gasteiger partial charge < -0.3 is 11.1 Å². The molecule has 0 bridgehead atoms. The molecule has 1 fully saturated rings. The first-order valence-electron chi connectivity index (χ1n) is 7.15. The summed E-state index contributed by atoms with van der Waals surface area (Å²) >= 11 is 0. The number of anilines is 1. The van der Waals surface area contributed by atoms with Crippen molar-refractivity contribution in [1.82, 2.24) is 10.3 Å². The minimum absolute atomic E-state index is 0.671. The topological polar surface area (TPSA) is 50.9 Å². The van der Waals surface area contributed by atoms with Crippen LogP contribution in [0, 0.1) is 12.8 Å². The smallest absolute Gasteiger partial charge is 0.126 e. The van der Waals surface area contributed by atoms with Gasteiger partial charge >= 0.3 is 0 Å². The Morgan fingerprint density at radius 3 is 2.94 bits per heavy atom. The summed E-state index contributed by atoms with van der Waals surface area (Å²) in [5.41, 5.74) is 8.34. The Kier molecular flexibility index (Phi) is 4.59. The molecule has 3 nitrogen and oxygen atoms in total. The minimum atomic E-state index is 0.671. The molecule has 0 aromatic carbocycles. The third-order valence-corrected chi connectivity index (χ3v) is 3.71. The first kappa shape index (κ1) is 13.3. The molecule has 0 spiro atoms. The molecule has 1 heterocycles. The van der Waals surface area contributed by atoms with Crippen molar-refractivity contribution >= 4 is 5.82 Å². The molecule has 3 N–H and O–H groups in total. The summed E-state index contributed by atoms with van der Waals surface area (Å²) in [6.45, 7) is 5.42. The van der Waals surface area contributed by atoms with E-state index in [-0.39, 0.29) is 0 Å². The first-order valence-corrected chi connectivity index (χ1v) is 7.15. The lowest BCUT2D eigenvalue weighted by Gasteiger charge is -2.18. The maximum Gasteiger partial charge on any atom is 0.126 e. The van der Waals surface area contributed by atoms with Crippen LogP contribution in [0.15, 0.2) is 12.3 Å². The number of nitrogens with two attached hydrogens (primary N) is 1. The van der Waals surface area contributed by atoms with E-state index < -0.39 is 0 Å². The van der Waals surface area contributed by atoms with Gasteiger partial charge in [-0.05, 0) is 62.6 Å². The molecule has 18 heavy (non-hydrogen) atoms. The maximum atomic E-state index is 5.94. The zero-order valence-corrected chi connectivity index (χ0v) is 11.6. The van der Waals surface area contributed by atoms with Crippen molar-refractivity contribution in [1.29, 1.82) is 0 Å². The zero-order chi connectivity index (χ0) is 13.0. The van der Waals surface area contributed by atoms with E-state index in [9.17, 15) is 0 Å². The van der Waals surface area contributed by atoms with E-state index in [1.54, 1.807) is 0 Å². The molecule has 1 aliphatic carbocycles. The number of hydrogen-bond donors (Lipinski definition) is 2. The lowest BCUT2D eigenvalue weighted by molar-refractivity contribution is 0.436. The van der Waals surface area contributed by atoms with E-state index in [1.165, 1.54) is 36.8 Å². The third-order valence-electron chi connectivity index (χ3n) is 3.71. The van der Waals surface area contributed by atoms with E-state index in [0.29, 0.717) is 11.9 Å². The molecule has 0 amide bonds. The lowest BCUT2D eigenvalue weighted by Crippen LogP contribution is -2.32. The van der Waals surface area contributed by atoms with Gasteiger partial charge in [-0.15, -0.1) is 0 Å². The van der Waals surface area contributed by atoms with Crippen molar-refractivity contribution in [3.63, 3.8) is 0 Å². The molecule has 1 atom stereocenters. The molecule has 1 saturated carbocycles. The van der Waals surface area contributed by atoms with E-state index in [2.05, 4.69) is 30.2 Å². The molecule has 2 rings (SSSR count). The molecule has 1 unspecified atom stereocenters. The van der Waals surface area contributed by atoms with Gasteiger partial charge in [0.15, 0.2) is 0 Å². The van der Waals surface area contributed by atoms with Crippen LogP contribution in [0.2, 0.25) is 0 Å². The van der Waals surface area contributed by atoms with E-state index in [0.717, 1.165) is 18.9 Å². The Balaban J connectivity index is 1.89. The number of aromatic nitrogens is 1. The average Bonchev–Trinajstić information content (AvgIpc) is 3.17. The fraction of sp³-hybridized carbons (Fsp3) is 0.667.